The van der Waals surface area contributed by atoms with Gasteiger partial charge < -0.3 is 0 Å². The van der Waals surface area contributed by atoms with Gasteiger partial charge in [0.25, 0.3) is 0 Å². The predicted octanol–water partition coefficient (Wildman–Crippen LogP) is 7.16. The molecule has 0 spiro atoms. The van der Waals surface area contributed by atoms with Crippen LogP contribution in [-0.4, -0.2) is 20.6 Å². The summed E-state index contributed by atoms with van der Waals surface area (Å²) in [6, 6.07) is 11.0. The van der Waals surface area contributed by atoms with E-state index in [0.717, 1.165) is 10.5 Å². The van der Waals surface area contributed by atoms with Gasteiger partial charge in [0.1, 0.15) is 0 Å². The Bertz CT molecular complexity index is 479. The van der Waals surface area contributed by atoms with Crippen molar-refractivity contribution in [3.8, 4) is 0 Å². The third kappa shape index (κ3) is 9.88. The molecule has 0 saturated carbocycles. The summed E-state index contributed by atoms with van der Waals surface area (Å²) >= 11 is 0. The molecule has 1 saturated heterocycles. The van der Waals surface area contributed by atoms with E-state index in [9.17, 15) is 0 Å². The Morgan fingerprint density at radius 3 is 1.57 bits per heavy atom. The van der Waals surface area contributed by atoms with Gasteiger partial charge in [-0.15, -0.1) is 0 Å². The van der Waals surface area contributed by atoms with Crippen LogP contribution in [0.4, 0.5) is 0 Å². The molecule has 0 aliphatic carbocycles. The summed E-state index contributed by atoms with van der Waals surface area (Å²) in [7, 11) is 25.6. The van der Waals surface area contributed by atoms with E-state index in [1.54, 1.807) is 5.56 Å². The molecule has 1 aromatic carbocycles. The van der Waals surface area contributed by atoms with E-state index >= 15 is 0 Å². The number of halogens is 6. The first kappa shape index (κ1) is 21.2. The third-order valence-corrected chi connectivity index (χ3v) is 5.79. The standard InChI is InChI=1S/C13H19S.6ClH.Sb/c1-13(2,3)12-11(14(12)4)10-8-6-5-7-9-10;;;;;;;/h5-9,11-12H,1-4H3;6*1H;/q+1;;;;;;;+5/p-6/t11-,12+,14?;;;;;;;/m1......./s1. The fourth-order valence-electron chi connectivity index (χ4n) is 2.35. The summed E-state index contributed by atoms with van der Waals surface area (Å²) in [6.45, 7) is 7.10. The zero-order valence-corrected chi connectivity index (χ0v) is 20.1. The summed E-state index contributed by atoms with van der Waals surface area (Å²) in [5.74, 6) is 0. The van der Waals surface area contributed by atoms with Gasteiger partial charge in [0.2, 0.25) is 0 Å². The number of benzene rings is 1. The minimum atomic E-state index is -5.42. The van der Waals surface area contributed by atoms with Crippen molar-refractivity contribution in [1.82, 2.24) is 0 Å². The number of rotatable bonds is 1. The fraction of sp³-hybridized carbons (Fsp3) is 0.538. The molecule has 124 valence electrons. The quantitative estimate of drug-likeness (QED) is 0.201. The Morgan fingerprint density at radius 1 is 0.905 bits per heavy atom. The van der Waals surface area contributed by atoms with Crippen molar-refractivity contribution in [1.29, 1.82) is 0 Å². The average Bonchev–Trinajstić information content (AvgIpc) is 2.86. The Hall–Kier alpha value is 2.13. The molecule has 0 nitrogen and oxygen atoms in total. The molecule has 0 N–H and O–H groups in total. The first-order valence-electron chi connectivity index (χ1n) is 6.22. The van der Waals surface area contributed by atoms with Gasteiger partial charge in [0, 0.05) is 21.9 Å². The van der Waals surface area contributed by atoms with E-state index in [4.69, 9.17) is 53.0 Å². The molecule has 1 heterocycles. The van der Waals surface area contributed by atoms with E-state index in [-0.39, 0.29) is 0 Å². The monoisotopic (exact) mass is 538 g/mol. The van der Waals surface area contributed by atoms with Crippen LogP contribution in [0.1, 0.15) is 31.6 Å². The van der Waals surface area contributed by atoms with E-state index in [1.165, 1.54) is 0 Å². The maximum absolute atomic E-state index is 5.42. The van der Waals surface area contributed by atoms with Crippen molar-refractivity contribution in [2.45, 2.75) is 31.3 Å². The van der Waals surface area contributed by atoms with Gasteiger partial charge in [0.15, 0.2) is 10.5 Å². The van der Waals surface area contributed by atoms with E-state index < -0.39 is 9.14 Å². The molecule has 1 aliphatic heterocycles. The second-order valence-corrected chi connectivity index (χ2v) is 65.3. The van der Waals surface area contributed by atoms with E-state index in [2.05, 4.69) is 57.4 Å². The van der Waals surface area contributed by atoms with Crippen LogP contribution in [-0.2, 0) is 10.9 Å². The number of hydrogen-bond acceptors (Lipinski definition) is 0. The van der Waals surface area contributed by atoms with Crippen molar-refractivity contribution in [2.75, 3.05) is 6.26 Å². The van der Waals surface area contributed by atoms with Gasteiger partial charge in [-0.05, 0) is 0 Å². The summed E-state index contributed by atoms with van der Waals surface area (Å²) in [4.78, 5) is 0. The van der Waals surface area contributed by atoms with Crippen molar-refractivity contribution in [3.05, 3.63) is 35.9 Å². The van der Waals surface area contributed by atoms with Gasteiger partial charge in [-0.3, -0.25) is 0 Å². The Kier molecular flexibility index (Phi) is 6.18. The third-order valence-electron chi connectivity index (χ3n) is 2.98. The van der Waals surface area contributed by atoms with Crippen LogP contribution in [0.2, 0.25) is 0 Å². The molecular formula is C13H19Cl6SSb. The van der Waals surface area contributed by atoms with Gasteiger partial charge in [-0.25, -0.2) is 0 Å². The molecule has 0 bridgehead atoms. The van der Waals surface area contributed by atoms with Crippen LogP contribution >= 0.6 is 53.0 Å². The molecule has 8 heteroatoms. The molecule has 1 unspecified atom stereocenters. The van der Waals surface area contributed by atoms with Crippen molar-refractivity contribution in [2.24, 2.45) is 5.41 Å². The maximum atomic E-state index is 5.06. The molecular weight excluding hydrogens is 523 g/mol. The Morgan fingerprint density at radius 2 is 1.29 bits per heavy atom. The minimum absolute atomic E-state index is 0.471. The van der Waals surface area contributed by atoms with Crippen LogP contribution in [0.15, 0.2) is 30.3 Å². The zero-order valence-electron chi connectivity index (χ0n) is 12.2. The Labute approximate surface area is 150 Å². The molecule has 2 rings (SSSR count). The van der Waals surface area contributed by atoms with Crippen LogP contribution in [0.25, 0.3) is 0 Å². The summed E-state index contributed by atoms with van der Waals surface area (Å²) in [6.07, 6.45) is 2.41. The van der Waals surface area contributed by atoms with Crippen molar-refractivity contribution >= 4 is 73.0 Å². The zero-order chi connectivity index (χ0) is 16.8. The normalized spacial score (nSPS) is 28.8. The summed E-state index contributed by atoms with van der Waals surface area (Å²) in [5, 5.41) is 1.72. The topological polar surface area (TPSA) is 0 Å². The summed E-state index contributed by atoms with van der Waals surface area (Å²) < 4.78 is 0. The molecule has 0 aromatic heterocycles. The van der Waals surface area contributed by atoms with Crippen molar-refractivity contribution in [3.63, 3.8) is 0 Å². The van der Waals surface area contributed by atoms with E-state index in [0.29, 0.717) is 16.3 Å². The van der Waals surface area contributed by atoms with E-state index in [1.807, 2.05) is 0 Å². The summed E-state index contributed by atoms with van der Waals surface area (Å²) in [5.41, 5.74) is 2.01. The fourth-order valence-corrected chi connectivity index (χ4v) is 5.56. The molecule has 1 aromatic rings. The molecule has 0 radical (unpaired) electrons. The van der Waals surface area contributed by atoms with Crippen LogP contribution < -0.4 is 0 Å². The Balaban J connectivity index is 0.000000270. The second-order valence-electron chi connectivity index (χ2n) is 6.18. The predicted molar refractivity (Wildman–Crippen MR) is 107 cm³/mol. The molecule has 0 amide bonds. The molecule has 3 atom stereocenters. The van der Waals surface area contributed by atoms with Gasteiger partial charge in [0.05, 0.1) is 6.26 Å². The number of hydrogen-bond donors (Lipinski definition) is 0. The van der Waals surface area contributed by atoms with Crippen LogP contribution in [0.3, 0.4) is 0 Å². The second kappa shape index (κ2) is 6.13. The first-order chi connectivity index (χ1) is 8.97. The van der Waals surface area contributed by atoms with Crippen LogP contribution in [0, 0.1) is 5.41 Å². The SMILES string of the molecule is C[S+]1[C@H](c2ccccc2)[C@H]1C(C)(C)C.[Cl][Sb-]([Cl])([Cl])([Cl])([Cl])[Cl]. The average molecular weight is 542 g/mol. The van der Waals surface area contributed by atoms with Gasteiger partial charge in [-0.1, -0.05) is 51.1 Å². The first-order valence-corrected chi connectivity index (χ1v) is 27.4. The molecule has 1 fully saturated rings. The molecule has 1 aliphatic rings. The molecule has 21 heavy (non-hydrogen) atoms. The van der Waals surface area contributed by atoms with Gasteiger partial charge in [-0.2, -0.15) is 0 Å². The van der Waals surface area contributed by atoms with Crippen molar-refractivity contribution < 1.29 is 0 Å². The van der Waals surface area contributed by atoms with Crippen LogP contribution in [0.5, 0.6) is 0 Å². The van der Waals surface area contributed by atoms with Gasteiger partial charge >= 0.3 is 62.1 Å².